The van der Waals surface area contributed by atoms with Crippen LogP contribution >= 0.6 is 11.9 Å². The second-order valence-electron chi connectivity index (χ2n) is 14.4. The molecule has 5 nitrogen and oxygen atoms in total. The van der Waals surface area contributed by atoms with E-state index in [0.717, 1.165) is 37.6 Å². The molecule has 8 heteroatoms. The smallest absolute Gasteiger partial charge is 0.307 e. The van der Waals surface area contributed by atoms with E-state index < -0.39 is 22.9 Å². The Hall–Kier alpha value is 0.946. The van der Waals surface area contributed by atoms with Crippen LogP contribution in [0.15, 0.2) is 11.6 Å². The molecule has 3 N–H and O–H groups in total. The minimum absolute atomic E-state index is 0. The number of allylic oxidation sites excluding steroid dienone is 2. The number of rotatable bonds is 7. The molecule has 0 aromatic heterocycles. The number of hydrogen-bond donors (Lipinski definition) is 3. The normalized spacial score (nSPS) is 51.6. The van der Waals surface area contributed by atoms with Crippen LogP contribution in [0.25, 0.3) is 0 Å². The Morgan fingerprint density at radius 3 is 2.58 bits per heavy atom. The van der Waals surface area contributed by atoms with E-state index in [1.165, 1.54) is 12.7 Å². The first-order valence-electron chi connectivity index (χ1n) is 15.0. The van der Waals surface area contributed by atoms with Gasteiger partial charge >= 0.3 is 5.97 Å². The Labute approximate surface area is 272 Å². The minimum Gasteiger partial charge on any atom is -0.562 e. The maximum absolute atomic E-state index is 12.8. The van der Waals surface area contributed by atoms with Crippen molar-refractivity contribution < 1.29 is 68.4 Å². The molecule has 1 spiro atoms. The van der Waals surface area contributed by atoms with E-state index in [-0.39, 0.29) is 78.2 Å². The standard InChI is InChI=1S/C30H47BO5S.Ac/c1-17(2)8-7-11-29(25(34)35)16-30(29)22-14-20(32)24-26(4)12-10-21(36-37-31)18(3)19(26)9-13-27(24,5)28(22,6)15-23(30)33;/h8,18-22,24,31-33H,7,9-16H2,1-6H3,(H,34,35);/q-1;/t18?,19?,20?,21?,22?,24?,26-,27?,28-,29?,30?;/m0./s1/i31T;. The zero-order chi connectivity index (χ0) is 27.9. The number of carboxylic acid groups (broad SMARTS) is 1. The minimum atomic E-state index is -0.939. The van der Waals surface area contributed by atoms with E-state index in [9.17, 15) is 20.1 Å². The maximum Gasteiger partial charge on any atom is 0.307 e. The van der Waals surface area contributed by atoms with Crippen LogP contribution in [0.2, 0.25) is 0 Å². The van der Waals surface area contributed by atoms with Crippen LogP contribution in [-0.2, 0) is 8.98 Å². The van der Waals surface area contributed by atoms with E-state index in [1.54, 1.807) is 0 Å². The fourth-order valence-electron chi connectivity index (χ4n) is 11.2. The molecule has 0 bridgehead atoms. The summed E-state index contributed by atoms with van der Waals surface area (Å²) < 4.78 is 13.3. The van der Waals surface area contributed by atoms with Crippen LogP contribution in [0.5, 0.6) is 0 Å². The van der Waals surface area contributed by atoms with Crippen LogP contribution < -0.4 is 0 Å². The van der Waals surface area contributed by atoms with Gasteiger partial charge in [-0.15, -0.1) is 11.8 Å². The third-order valence-electron chi connectivity index (χ3n) is 13.0. The van der Waals surface area contributed by atoms with Gasteiger partial charge in [0, 0.05) is 49.5 Å². The zero-order valence-electron chi connectivity index (χ0n) is 25.1. The predicted molar refractivity (Wildman–Crippen MR) is 148 cm³/mol. The van der Waals surface area contributed by atoms with Gasteiger partial charge in [-0.1, -0.05) is 69.0 Å². The van der Waals surface area contributed by atoms with E-state index in [0.29, 0.717) is 50.0 Å². The Balaban J connectivity index is 0.00000353. The van der Waals surface area contributed by atoms with Crippen molar-refractivity contribution in [2.45, 2.75) is 112 Å². The first kappa shape index (κ1) is 30.4. The number of fused-ring (bicyclic) bond motifs is 6. The van der Waals surface area contributed by atoms with Crippen LogP contribution in [0.3, 0.4) is 0 Å². The second-order valence-corrected chi connectivity index (χ2v) is 14.8. The van der Waals surface area contributed by atoms with Crippen molar-refractivity contribution in [3.05, 3.63) is 17.8 Å². The quantitative estimate of drug-likeness (QED) is 0.124. The molecular formula is C30H47AcBO5S-. The van der Waals surface area contributed by atoms with Crippen molar-refractivity contribution in [1.82, 2.24) is 0 Å². The van der Waals surface area contributed by atoms with Crippen molar-refractivity contribution in [2.24, 2.45) is 50.7 Å². The molecule has 210 valence electrons. The van der Waals surface area contributed by atoms with Crippen molar-refractivity contribution in [2.75, 3.05) is 0 Å². The summed E-state index contributed by atoms with van der Waals surface area (Å²) in [5, 5.41) is 34.2. The molecule has 5 aliphatic rings. The van der Waals surface area contributed by atoms with Gasteiger partial charge in [-0.2, -0.15) is 6.10 Å². The van der Waals surface area contributed by atoms with Gasteiger partial charge in [0.25, 0.3) is 0 Å². The summed E-state index contributed by atoms with van der Waals surface area (Å²) in [4.78, 5) is 12.8. The van der Waals surface area contributed by atoms with E-state index in [4.69, 9.17) is 5.52 Å². The second kappa shape index (κ2) is 10.6. The molecule has 0 saturated heterocycles. The van der Waals surface area contributed by atoms with Gasteiger partial charge in [0.05, 0.1) is 12.2 Å². The van der Waals surface area contributed by atoms with Crippen molar-refractivity contribution in [1.29, 1.82) is 1.34 Å². The van der Waals surface area contributed by atoms with Gasteiger partial charge in [0.1, 0.15) is 0 Å². The molecule has 9 unspecified atom stereocenters. The molecule has 5 aliphatic carbocycles. The summed E-state index contributed by atoms with van der Waals surface area (Å²) >= 11 is 1.12. The molecule has 0 amide bonds. The number of carbonyl (C=O) groups is 1. The van der Waals surface area contributed by atoms with Crippen LogP contribution in [0.1, 0.15) is 99.3 Å². The van der Waals surface area contributed by atoms with Crippen molar-refractivity contribution in [3.63, 3.8) is 0 Å². The third-order valence-corrected chi connectivity index (χ3v) is 13.4. The summed E-state index contributed by atoms with van der Waals surface area (Å²) in [5.41, 5.74) is -0.970. The fraction of sp³-hybridized carbons (Fsp3) is 0.867. The molecule has 0 heterocycles. The van der Waals surface area contributed by atoms with E-state index >= 15 is 0 Å². The maximum atomic E-state index is 12.8. The topological polar surface area (TPSA) is 87.0 Å². The number of carboxylic acids is 1. The zero-order valence-corrected chi connectivity index (χ0v) is 29.7. The summed E-state index contributed by atoms with van der Waals surface area (Å²) in [6, 6.07) is 0. The SMILES string of the molecule is [3H][B]SOC1CC[C@@]2(C)C(CCC3(C)C2C(O)CC2C4(CC4(CCC=C(C)C)C(=O)O)[C-](O)C[C@@]23C)C1C.[Ac]. The largest absolute Gasteiger partial charge is 0.562 e. The Kier molecular flexibility index (Phi) is 8.47. The number of hydrogen-bond acceptors (Lipinski definition) is 5. The molecule has 5 rings (SSSR count). The summed E-state index contributed by atoms with van der Waals surface area (Å²) in [7, 11) is 1.25. The fourth-order valence-corrected chi connectivity index (χ4v) is 11.6. The van der Waals surface area contributed by atoms with Crippen LogP contribution in [-0.4, -0.2) is 41.9 Å². The van der Waals surface area contributed by atoms with Crippen LogP contribution in [0.4, 0.5) is 0 Å². The van der Waals surface area contributed by atoms with Gasteiger partial charge in [-0.25, -0.2) is 0 Å². The number of aliphatic hydroxyl groups is 2. The van der Waals surface area contributed by atoms with Crippen molar-refractivity contribution >= 4 is 25.0 Å². The summed E-state index contributed by atoms with van der Waals surface area (Å²) in [5.74, 6) is 0.0477. The summed E-state index contributed by atoms with van der Waals surface area (Å²) in [6.45, 7) is 13.4. The molecular weight excluding hydrogens is 710 g/mol. The van der Waals surface area contributed by atoms with Gasteiger partial charge in [0.2, 0.25) is 7.09 Å². The van der Waals surface area contributed by atoms with Gasteiger partial charge < -0.3 is 19.5 Å². The molecule has 38 heavy (non-hydrogen) atoms. The first-order valence-corrected chi connectivity index (χ1v) is 15.2. The molecule has 11 atom stereocenters. The Bertz CT molecular complexity index is 998. The summed E-state index contributed by atoms with van der Waals surface area (Å²) in [6.07, 6.45) is 8.86. The van der Waals surface area contributed by atoms with E-state index in [2.05, 4.69) is 33.8 Å². The van der Waals surface area contributed by atoms with Gasteiger partial charge in [-0.3, -0.25) is 4.79 Å². The molecule has 2 radical (unpaired) electrons. The first-order chi connectivity index (χ1) is 17.7. The van der Waals surface area contributed by atoms with Gasteiger partial charge in [-0.05, 0) is 88.7 Å². The van der Waals surface area contributed by atoms with Gasteiger partial charge in [0.15, 0.2) is 0 Å². The van der Waals surface area contributed by atoms with Crippen molar-refractivity contribution in [3.8, 4) is 0 Å². The monoisotopic (exact) mass is 759 g/mol. The molecule has 5 saturated carbocycles. The average Bonchev–Trinajstić information content (AvgIpc) is 3.46. The Morgan fingerprint density at radius 1 is 1.24 bits per heavy atom. The third kappa shape index (κ3) is 4.10. The molecule has 0 aromatic rings. The number of aliphatic hydroxyl groups excluding tert-OH is 2. The van der Waals surface area contributed by atoms with E-state index in [1.807, 2.05) is 13.8 Å². The number of aliphatic carboxylic acids is 1. The molecule has 0 aromatic carbocycles. The molecule has 5 fully saturated rings. The molecule has 0 aliphatic heterocycles. The average molecular weight is 760 g/mol. The predicted octanol–water partition coefficient (Wildman–Crippen LogP) is 6.21. The van der Waals surface area contributed by atoms with Crippen LogP contribution in [0, 0.1) is 101 Å². The Morgan fingerprint density at radius 2 is 1.95 bits per heavy atom.